The molecule has 0 aliphatic heterocycles. The number of hydrogen-bond donors (Lipinski definition) is 2. The van der Waals surface area contributed by atoms with Crippen LogP contribution in [0.3, 0.4) is 0 Å². The molecule has 2 nitrogen and oxygen atoms in total. The molecule has 16 heavy (non-hydrogen) atoms. The number of halogens is 2. The number of nitrogens with one attached hydrogen (secondary N) is 1. The first kappa shape index (κ1) is 12.0. The molecule has 0 heterocycles. The van der Waals surface area contributed by atoms with Gasteiger partial charge in [-0.1, -0.05) is 23.2 Å². The molecule has 1 aromatic rings. The molecule has 88 valence electrons. The zero-order chi connectivity index (χ0) is 11.7. The van der Waals surface area contributed by atoms with Crippen molar-refractivity contribution in [3.63, 3.8) is 0 Å². The van der Waals surface area contributed by atoms with E-state index in [1.165, 1.54) is 12.8 Å². The Labute approximate surface area is 106 Å². The van der Waals surface area contributed by atoms with Gasteiger partial charge in [-0.15, -0.1) is 0 Å². The van der Waals surface area contributed by atoms with Crippen molar-refractivity contribution in [1.29, 1.82) is 0 Å². The van der Waals surface area contributed by atoms with Gasteiger partial charge in [-0.2, -0.15) is 0 Å². The minimum atomic E-state index is 0.126. The monoisotopic (exact) mass is 259 g/mol. The maximum absolute atomic E-state index is 9.76. The Bertz CT molecular complexity index is 391. The third-order valence-corrected chi connectivity index (χ3v) is 3.56. The van der Waals surface area contributed by atoms with Crippen LogP contribution in [0.2, 0.25) is 10.0 Å². The van der Waals surface area contributed by atoms with Gasteiger partial charge in [0.25, 0.3) is 0 Å². The van der Waals surface area contributed by atoms with Crippen LogP contribution in [-0.2, 0) is 6.54 Å². The lowest BCUT2D eigenvalue weighted by Gasteiger charge is -2.14. The fraction of sp³-hybridized carbons (Fsp3) is 0.500. The largest absolute Gasteiger partial charge is 0.506 e. The minimum absolute atomic E-state index is 0.126. The molecule has 0 amide bonds. The molecule has 2 N–H and O–H groups in total. The zero-order valence-electron chi connectivity index (χ0n) is 9.13. The topological polar surface area (TPSA) is 32.3 Å². The molecular formula is C12H15Cl2NO. The van der Waals surface area contributed by atoms with Crippen molar-refractivity contribution in [3.05, 3.63) is 27.7 Å². The van der Waals surface area contributed by atoms with Crippen LogP contribution in [0, 0.1) is 5.92 Å². The predicted octanol–water partition coefficient (Wildman–Crippen LogP) is 3.59. The molecule has 1 aromatic carbocycles. The van der Waals surface area contributed by atoms with E-state index in [0.717, 1.165) is 11.5 Å². The van der Waals surface area contributed by atoms with Crippen LogP contribution >= 0.6 is 23.2 Å². The molecule has 0 unspecified atom stereocenters. The standard InChI is InChI=1S/C12H15Cl2NO/c1-7(8-2-3-8)15-6-9-4-10(13)5-11(14)12(9)16/h4-5,7-8,15-16H,2-3,6H2,1H3/t7-/m0/s1. The lowest BCUT2D eigenvalue weighted by Crippen LogP contribution is -2.27. The first-order valence-corrected chi connectivity index (χ1v) is 6.24. The van der Waals surface area contributed by atoms with Crippen molar-refractivity contribution in [1.82, 2.24) is 5.32 Å². The third kappa shape index (κ3) is 2.82. The van der Waals surface area contributed by atoms with Crippen molar-refractivity contribution >= 4 is 23.2 Å². The second kappa shape index (κ2) is 4.82. The Kier molecular flexibility index (Phi) is 3.63. The van der Waals surface area contributed by atoms with E-state index >= 15 is 0 Å². The summed E-state index contributed by atoms with van der Waals surface area (Å²) in [7, 11) is 0. The summed E-state index contributed by atoms with van der Waals surface area (Å²) in [6.07, 6.45) is 2.60. The molecule has 2 rings (SSSR count). The second-order valence-corrected chi connectivity index (χ2v) is 5.25. The second-order valence-electron chi connectivity index (χ2n) is 4.40. The van der Waals surface area contributed by atoms with E-state index in [1.54, 1.807) is 12.1 Å². The zero-order valence-corrected chi connectivity index (χ0v) is 10.6. The van der Waals surface area contributed by atoms with Gasteiger partial charge in [-0.3, -0.25) is 0 Å². The van der Waals surface area contributed by atoms with E-state index < -0.39 is 0 Å². The van der Waals surface area contributed by atoms with Crippen LogP contribution in [0.5, 0.6) is 5.75 Å². The van der Waals surface area contributed by atoms with Crippen molar-refractivity contribution in [2.24, 2.45) is 5.92 Å². The Hall–Kier alpha value is -0.440. The highest BCUT2D eigenvalue weighted by Crippen LogP contribution is 2.34. The number of hydrogen-bond acceptors (Lipinski definition) is 2. The Morgan fingerprint density at radius 1 is 1.44 bits per heavy atom. The molecule has 0 spiro atoms. The van der Waals surface area contributed by atoms with Gasteiger partial charge in [0, 0.05) is 23.2 Å². The summed E-state index contributed by atoms with van der Waals surface area (Å²) in [6, 6.07) is 3.78. The number of aromatic hydroxyl groups is 1. The van der Waals surface area contributed by atoms with E-state index in [0.29, 0.717) is 22.6 Å². The first-order chi connectivity index (χ1) is 7.58. The highest BCUT2D eigenvalue weighted by Gasteiger charge is 2.27. The maximum Gasteiger partial charge on any atom is 0.138 e. The van der Waals surface area contributed by atoms with E-state index in [2.05, 4.69) is 12.2 Å². The molecule has 1 saturated carbocycles. The normalized spacial score (nSPS) is 17.4. The molecule has 4 heteroatoms. The van der Waals surface area contributed by atoms with Gasteiger partial charge < -0.3 is 10.4 Å². The van der Waals surface area contributed by atoms with Gasteiger partial charge in [-0.25, -0.2) is 0 Å². The van der Waals surface area contributed by atoms with E-state index in [4.69, 9.17) is 23.2 Å². The molecule has 0 saturated heterocycles. The lowest BCUT2D eigenvalue weighted by molar-refractivity contribution is 0.451. The summed E-state index contributed by atoms with van der Waals surface area (Å²) in [4.78, 5) is 0. The van der Waals surface area contributed by atoms with Crippen LogP contribution in [0.4, 0.5) is 0 Å². The van der Waals surface area contributed by atoms with E-state index in [-0.39, 0.29) is 5.75 Å². The van der Waals surface area contributed by atoms with Crippen molar-refractivity contribution in [2.45, 2.75) is 32.4 Å². The van der Waals surface area contributed by atoms with Crippen molar-refractivity contribution in [2.75, 3.05) is 0 Å². The molecule has 1 atom stereocenters. The number of phenolic OH excluding ortho intramolecular Hbond substituents is 1. The number of benzene rings is 1. The summed E-state index contributed by atoms with van der Waals surface area (Å²) in [5, 5.41) is 14.0. The summed E-state index contributed by atoms with van der Waals surface area (Å²) in [6.45, 7) is 2.77. The van der Waals surface area contributed by atoms with Gasteiger partial charge in [0.2, 0.25) is 0 Å². The highest BCUT2D eigenvalue weighted by atomic mass is 35.5. The predicted molar refractivity (Wildman–Crippen MR) is 67.2 cm³/mol. The third-order valence-electron chi connectivity index (χ3n) is 3.05. The Morgan fingerprint density at radius 2 is 2.12 bits per heavy atom. The summed E-state index contributed by atoms with van der Waals surface area (Å²) in [5.41, 5.74) is 0.755. The van der Waals surface area contributed by atoms with Crippen LogP contribution in [0.1, 0.15) is 25.3 Å². The molecule has 1 fully saturated rings. The van der Waals surface area contributed by atoms with Crippen molar-refractivity contribution in [3.8, 4) is 5.75 Å². The van der Waals surface area contributed by atoms with Crippen LogP contribution < -0.4 is 5.32 Å². The van der Waals surface area contributed by atoms with Crippen LogP contribution in [0.25, 0.3) is 0 Å². The number of phenols is 1. The van der Waals surface area contributed by atoms with Crippen LogP contribution in [0.15, 0.2) is 12.1 Å². The molecule has 0 radical (unpaired) electrons. The molecule has 0 bridgehead atoms. The van der Waals surface area contributed by atoms with Crippen molar-refractivity contribution < 1.29 is 5.11 Å². The Balaban J connectivity index is 2.02. The van der Waals surface area contributed by atoms with E-state index in [9.17, 15) is 5.11 Å². The van der Waals surface area contributed by atoms with Gasteiger partial charge in [0.1, 0.15) is 5.75 Å². The molecule has 1 aliphatic rings. The molecular weight excluding hydrogens is 245 g/mol. The maximum atomic E-state index is 9.76. The van der Waals surface area contributed by atoms with Gasteiger partial charge >= 0.3 is 0 Å². The summed E-state index contributed by atoms with van der Waals surface area (Å²) < 4.78 is 0. The van der Waals surface area contributed by atoms with Gasteiger partial charge in [0.15, 0.2) is 0 Å². The van der Waals surface area contributed by atoms with Crippen LogP contribution in [-0.4, -0.2) is 11.1 Å². The number of rotatable bonds is 4. The quantitative estimate of drug-likeness (QED) is 0.867. The first-order valence-electron chi connectivity index (χ1n) is 5.48. The molecule has 1 aliphatic carbocycles. The summed E-state index contributed by atoms with van der Waals surface area (Å²) >= 11 is 11.7. The fourth-order valence-corrected chi connectivity index (χ4v) is 2.32. The average Bonchev–Trinajstić information content (AvgIpc) is 3.04. The Morgan fingerprint density at radius 3 is 2.75 bits per heavy atom. The van der Waals surface area contributed by atoms with Gasteiger partial charge in [-0.05, 0) is 37.8 Å². The summed E-state index contributed by atoms with van der Waals surface area (Å²) in [5.74, 6) is 0.915. The fourth-order valence-electron chi connectivity index (χ4n) is 1.79. The lowest BCUT2D eigenvalue weighted by atomic mass is 10.1. The minimum Gasteiger partial charge on any atom is -0.506 e. The SMILES string of the molecule is C[C@H](NCc1cc(Cl)cc(Cl)c1O)C1CC1. The average molecular weight is 260 g/mol. The highest BCUT2D eigenvalue weighted by molar-refractivity contribution is 6.35. The molecule has 0 aromatic heterocycles. The van der Waals surface area contributed by atoms with Gasteiger partial charge in [0.05, 0.1) is 5.02 Å². The smallest absolute Gasteiger partial charge is 0.138 e. The van der Waals surface area contributed by atoms with E-state index in [1.807, 2.05) is 0 Å².